The molecule has 6 N–H and O–H groups in total. The number of hydrogen-bond acceptors (Lipinski definition) is 24. The number of amides is 4. The minimum absolute atomic E-state index is 0.00423. The predicted octanol–water partition coefficient (Wildman–Crippen LogP) is 9.06. The number of anilines is 6. The van der Waals surface area contributed by atoms with Gasteiger partial charge in [0.2, 0.25) is 0 Å². The lowest BCUT2D eigenvalue weighted by atomic mass is 10.1. The van der Waals surface area contributed by atoms with Gasteiger partial charge in [-0.15, -0.1) is 0 Å². The number of halogens is 6. The number of nitrogens with two attached hydrogens (primary N) is 1. The molecule has 6 atom stereocenters. The Bertz CT molecular complexity index is 4990. The molecular weight excluding hydrogens is 1500 g/mol. The predicted molar refractivity (Wildman–Crippen MR) is 398 cm³/mol. The fourth-order valence-electron chi connectivity index (χ4n) is 15.8. The smallest absolute Gasteiger partial charge is 0.410 e. The van der Waals surface area contributed by atoms with E-state index in [9.17, 15) is 50.3 Å². The molecule has 6 bridgehead atoms. The van der Waals surface area contributed by atoms with Gasteiger partial charge in [-0.3, -0.25) is 23.6 Å². The van der Waals surface area contributed by atoms with Gasteiger partial charge in [0.25, 0.3) is 31.1 Å². The van der Waals surface area contributed by atoms with Crippen LogP contribution in [0.3, 0.4) is 0 Å². The van der Waals surface area contributed by atoms with Crippen LogP contribution in [0.4, 0.5) is 70.4 Å². The number of ether oxygens (including phenoxy) is 5. The number of nitrogens with zero attached hydrogens (tertiary/aromatic N) is 20. The number of hydrogen-bond donors (Lipinski definition) is 5. The second-order valence-corrected chi connectivity index (χ2v) is 31.6. The molecule has 0 unspecified atom stereocenters. The van der Waals surface area contributed by atoms with Crippen molar-refractivity contribution >= 4 is 81.4 Å². The SMILES string of the molecule is CC(C)(C)OC(=O)N1CCC(n2cc(N)c(C(F)F)n2)CC1.CC(C)(C)OC(=O)N1CCC(n2cc(NC(=O)c3cnn4ccc(N5C[C@H]6C[C@@H]5CO6)nc34)c(C(F)F)n2)CC1.O=C(Nc1cn(C2CCNCC2)nc1C(F)F)c1cnn2ccc(N3C[C@H]4C[C@@H]3CO4)nc12.O=C(O)c1cnn2ccc(N3C[C@H]4C[C@@H]3CO4)nc12. The van der Waals surface area contributed by atoms with Gasteiger partial charge >= 0.3 is 18.2 Å². The molecule has 9 aromatic heterocycles. The quantitative estimate of drug-likeness (QED) is 0.0633. The van der Waals surface area contributed by atoms with Crippen LogP contribution in [0.2, 0.25) is 0 Å². The number of alkyl halides is 6. The summed E-state index contributed by atoms with van der Waals surface area (Å²) in [4.78, 5) is 85.4. The Hall–Kier alpha value is -10.9. The zero-order valence-electron chi connectivity index (χ0n) is 63.5. The summed E-state index contributed by atoms with van der Waals surface area (Å²) in [6.07, 6.45) is 12.1. The number of nitrogen functional groups attached to an aromatic ring is 1. The maximum Gasteiger partial charge on any atom is 0.410 e. The van der Waals surface area contributed by atoms with Gasteiger partial charge in [0, 0.05) is 83.0 Å². The van der Waals surface area contributed by atoms with Crippen LogP contribution in [0.5, 0.6) is 0 Å². The van der Waals surface area contributed by atoms with Crippen molar-refractivity contribution in [2.24, 2.45) is 0 Å². The number of carboxylic acids is 1. The van der Waals surface area contributed by atoms with Crippen LogP contribution in [0.25, 0.3) is 16.9 Å². The summed E-state index contributed by atoms with van der Waals surface area (Å²) >= 11 is 0. The summed E-state index contributed by atoms with van der Waals surface area (Å²) in [5.41, 5.74) is 4.64. The van der Waals surface area contributed by atoms with Gasteiger partial charge < -0.3 is 75.0 Å². The summed E-state index contributed by atoms with van der Waals surface area (Å²) in [6, 6.07) is 6.24. The van der Waals surface area contributed by atoms with E-state index in [-0.39, 0.29) is 94.1 Å². The van der Waals surface area contributed by atoms with Gasteiger partial charge in [0.05, 0.1) is 110 Å². The fraction of sp³-hybridized carbons (Fsp3) is 0.562. The summed E-state index contributed by atoms with van der Waals surface area (Å²) in [5.74, 6) is 0.105. The lowest BCUT2D eigenvalue weighted by molar-refractivity contribution is 0.0174. The largest absolute Gasteiger partial charge is 0.477 e. The maximum atomic E-state index is 13.9. The Morgan fingerprint density at radius 3 is 1.17 bits per heavy atom. The van der Waals surface area contributed by atoms with E-state index in [1.807, 2.05) is 39.0 Å². The van der Waals surface area contributed by atoms with Crippen LogP contribution >= 0.6 is 0 Å². The number of likely N-dealkylation sites (tertiary alicyclic amines) is 2. The molecule has 0 saturated carbocycles. The molecule has 9 aliphatic heterocycles. The van der Waals surface area contributed by atoms with Crippen molar-refractivity contribution in [3.05, 3.63) is 108 Å². The molecule has 0 radical (unpaired) electrons. The first-order valence-corrected chi connectivity index (χ1v) is 38.1. The molecule has 4 amide bonds. The molecule has 0 spiro atoms. The van der Waals surface area contributed by atoms with Crippen molar-refractivity contribution in [3.63, 3.8) is 0 Å². The standard InChI is InChI=1S/C26H32F2N8O4.C21H24F2N8O2.C14H22F2N4O2.C12H12N4O3/c1-26(2,3)40-25(38)33-7-4-15(5-8-33)36-13-19(21(32-36)22(27)28)30-24(37)18-11-29-35-9-6-20(31-23(18)35)34-12-17-10-16(34)14-39-17;22-19(23)18-16(10-31(28-18)12-1-4-24-5-2-12)26-21(32)15-8-25-30-6-3-17(27-20(15)30)29-9-14-7-13(29)11-33-14;1-14(2,3)22-13(21)19-6-4-9(5-7-19)20-8-10(17)11(18-20)12(15)16;17-12(18)9-4-13-16-2-1-10(14-11(9)16)15-5-8-3-7(15)6-19-8/h6,9,11,13,15-17,22H,4-5,7-8,10,12,14H2,1-3H3,(H,30,37);3,6,8,10,12-14,19,24H,1-2,4-5,7,9,11H2,(H,26,32);8-9,12H,4-7,17H2,1-3H3;1-2,4,7-8H,3,5-6H2,(H,17,18)/t16-,17-;13-,14-;;7-,8-/m11.1/s1. The minimum Gasteiger partial charge on any atom is -0.477 e. The van der Waals surface area contributed by atoms with Gasteiger partial charge in [-0.2, -0.15) is 30.6 Å². The number of carboxylic acid groups (broad SMARTS) is 1. The number of morpholine rings is 3. The Morgan fingerprint density at radius 1 is 0.500 bits per heavy atom. The number of aromatic carboxylic acids is 1. The third-order valence-electron chi connectivity index (χ3n) is 21.5. The van der Waals surface area contributed by atoms with Crippen molar-refractivity contribution in [1.82, 2.24) is 88.3 Å². The van der Waals surface area contributed by atoms with Gasteiger partial charge in [-0.1, -0.05) is 0 Å². The number of carbonyl (C=O) groups is 5. The van der Waals surface area contributed by atoms with Crippen molar-refractivity contribution in [1.29, 1.82) is 0 Å². The van der Waals surface area contributed by atoms with E-state index in [0.29, 0.717) is 88.1 Å². The van der Waals surface area contributed by atoms with Crippen LogP contribution < -0.4 is 36.4 Å². The number of carbonyl (C=O) groups excluding carboxylic acids is 4. The molecule has 35 nitrogen and oxygen atoms in total. The van der Waals surface area contributed by atoms with Crippen molar-refractivity contribution in [3.8, 4) is 0 Å². The fourth-order valence-corrected chi connectivity index (χ4v) is 15.8. The zero-order valence-corrected chi connectivity index (χ0v) is 63.5. The van der Waals surface area contributed by atoms with E-state index in [4.69, 9.17) is 34.5 Å². The van der Waals surface area contributed by atoms with Crippen LogP contribution in [-0.4, -0.2) is 244 Å². The lowest BCUT2D eigenvalue weighted by Crippen LogP contribution is -2.42. The van der Waals surface area contributed by atoms with Crippen molar-refractivity contribution in [2.45, 2.75) is 184 Å². The van der Waals surface area contributed by atoms with Crippen LogP contribution in [0.1, 0.15) is 185 Å². The summed E-state index contributed by atoms with van der Waals surface area (Å²) in [6.45, 7) is 18.6. The summed E-state index contributed by atoms with van der Waals surface area (Å²) in [5, 5.41) is 42.0. The molecule has 9 fully saturated rings. The molecule has 0 aromatic carbocycles. The highest BCUT2D eigenvalue weighted by Gasteiger charge is 2.43. The van der Waals surface area contributed by atoms with E-state index < -0.39 is 65.7 Å². The number of fused-ring (bicyclic) bond motifs is 9. The van der Waals surface area contributed by atoms with Gasteiger partial charge in [-0.05, 0) is 131 Å². The van der Waals surface area contributed by atoms with E-state index in [1.165, 1.54) is 60.1 Å². The van der Waals surface area contributed by atoms with E-state index in [1.54, 1.807) is 53.8 Å². The molecule has 610 valence electrons. The third-order valence-corrected chi connectivity index (χ3v) is 21.5. The average molecular weight is 1590 g/mol. The molecule has 18 rings (SSSR count). The topological polar surface area (TPSA) is 374 Å². The zero-order chi connectivity index (χ0) is 80.2. The molecule has 9 aliphatic rings. The molecule has 114 heavy (non-hydrogen) atoms. The van der Waals surface area contributed by atoms with E-state index in [0.717, 1.165) is 88.9 Å². The normalized spacial score (nSPS) is 21.8. The number of aromatic nitrogens is 15. The highest BCUT2D eigenvalue weighted by Crippen LogP contribution is 2.38. The first kappa shape index (κ1) is 78.3. The molecule has 18 heterocycles. The van der Waals surface area contributed by atoms with Crippen molar-refractivity contribution < 1.29 is 79.1 Å². The first-order chi connectivity index (χ1) is 54.5. The van der Waals surface area contributed by atoms with Gasteiger partial charge in [0.1, 0.15) is 45.3 Å². The van der Waals surface area contributed by atoms with Crippen LogP contribution in [0.15, 0.2) is 74.0 Å². The molecule has 9 aromatic rings. The maximum absolute atomic E-state index is 13.9. The van der Waals surface area contributed by atoms with Crippen LogP contribution in [0, 0.1) is 0 Å². The van der Waals surface area contributed by atoms with E-state index >= 15 is 0 Å². The van der Waals surface area contributed by atoms with Gasteiger partial charge in [0.15, 0.2) is 34.0 Å². The molecular formula is C73H90F6N24O11. The average Bonchev–Trinajstić information content (AvgIpc) is 1.64. The number of nitrogens with one attached hydrogen (secondary N) is 3. The second kappa shape index (κ2) is 32.1. The minimum atomic E-state index is -2.89. The summed E-state index contributed by atoms with van der Waals surface area (Å²) in [7, 11) is 0. The molecule has 41 heteroatoms. The second-order valence-electron chi connectivity index (χ2n) is 31.6. The third kappa shape index (κ3) is 17.0. The summed E-state index contributed by atoms with van der Waals surface area (Å²) < 4.78 is 117. The van der Waals surface area contributed by atoms with Gasteiger partial charge in [-0.25, -0.2) is 69.2 Å². The Morgan fingerprint density at radius 2 is 0.842 bits per heavy atom. The highest BCUT2D eigenvalue weighted by atomic mass is 19.3. The van der Waals surface area contributed by atoms with Crippen LogP contribution in [-0.2, 0) is 23.7 Å². The molecule has 0 aliphatic carbocycles. The number of piperidine rings is 3. The lowest BCUT2D eigenvalue weighted by Gasteiger charge is -2.33. The number of rotatable bonds is 14. The molecule has 9 saturated heterocycles. The van der Waals surface area contributed by atoms with Crippen molar-refractivity contribution in [2.75, 3.05) is 110 Å². The Balaban J connectivity index is 0.000000125. The Labute approximate surface area is 648 Å². The Kier molecular flexibility index (Phi) is 22.1. The van der Waals surface area contributed by atoms with E-state index in [2.05, 4.69) is 76.2 Å². The first-order valence-electron chi connectivity index (χ1n) is 38.1. The highest BCUT2D eigenvalue weighted by molar-refractivity contribution is 6.09. The monoisotopic (exact) mass is 1590 g/mol.